The van der Waals surface area contributed by atoms with Crippen molar-refractivity contribution < 1.29 is 28.9 Å². The van der Waals surface area contributed by atoms with Crippen LogP contribution in [0.5, 0.6) is 17.2 Å². The second-order valence-corrected chi connectivity index (χ2v) is 7.85. The number of aryl methyl sites for hydroxylation is 2. The van der Waals surface area contributed by atoms with Gasteiger partial charge in [0.05, 0.1) is 13.0 Å². The van der Waals surface area contributed by atoms with Gasteiger partial charge in [0.1, 0.15) is 29.7 Å². The molecule has 3 aromatic rings. The van der Waals surface area contributed by atoms with Crippen LogP contribution < -0.4 is 9.47 Å². The van der Waals surface area contributed by atoms with Crippen LogP contribution in [0.3, 0.4) is 0 Å². The van der Waals surface area contributed by atoms with Crippen molar-refractivity contribution >= 4 is 5.97 Å². The number of aromatic hydroxyl groups is 1. The quantitative estimate of drug-likeness (QED) is 0.560. The van der Waals surface area contributed by atoms with Crippen LogP contribution >= 0.6 is 0 Å². The van der Waals surface area contributed by atoms with Gasteiger partial charge in [-0.2, -0.15) is 0 Å². The van der Waals surface area contributed by atoms with Crippen LogP contribution in [0.15, 0.2) is 48.5 Å². The van der Waals surface area contributed by atoms with Gasteiger partial charge in [0, 0.05) is 23.1 Å². The fraction of sp³-hybridized carbons (Fsp3) is 0.240. The van der Waals surface area contributed by atoms with Crippen molar-refractivity contribution in [1.82, 2.24) is 0 Å². The van der Waals surface area contributed by atoms with E-state index in [9.17, 15) is 14.3 Å². The lowest BCUT2D eigenvalue weighted by molar-refractivity contribution is -0.137. The molecule has 0 saturated carbocycles. The lowest BCUT2D eigenvalue weighted by Gasteiger charge is -2.14. The number of hydrogen-bond acceptors (Lipinski definition) is 4. The van der Waals surface area contributed by atoms with Gasteiger partial charge in [-0.1, -0.05) is 12.1 Å². The molecule has 1 unspecified atom stereocenters. The summed E-state index contributed by atoms with van der Waals surface area (Å²) < 4.78 is 25.9. The SMILES string of the molecule is Cc1cc(O)cc(C)c1-c1ccc(F)c(COc2ccc3c(c2)OCC3CC(=O)O)c1. The Hall–Kier alpha value is -3.54. The van der Waals surface area contributed by atoms with E-state index in [1.165, 1.54) is 6.07 Å². The molecule has 0 fully saturated rings. The molecular weight excluding hydrogens is 399 g/mol. The minimum absolute atomic E-state index is 0.0152. The molecule has 31 heavy (non-hydrogen) atoms. The normalized spacial score (nSPS) is 14.7. The fourth-order valence-electron chi connectivity index (χ4n) is 4.12. The third-order valence-electron chi connectivity index (χ3n) is 5.53. The molecule has 5 nitrogen and oxygen atoms in total. The van der Waals surface area contributed by atoms with E-state index < -0.39 is 5.97 Å². The summed E-state index contributed by atoms with van der Waals surface area (Å²) in [4.78, 5) is 11.0. The standard InChI is InChI=1S/C25H23FO5/c1-14-7-19(27)8-15(2)25(14)16-3-6-22(26)18(9-16)13-30-20-4-5-21-17(10-24(28)29)12-31-23(21)11-20/h3-9,11,17,27H,10,12-13H2,1-2H3,(H,28,29). The van der Waals surface area contributed by atoms with E-state index >= 15 is 0 Å². The molecule has 0 spiro atoms. The Kier molecular flexibility index (Phi) is 5.55. The first-order valence-electron chi connectivity index (χ1n) is 10.0. The van der Waals surface area contributed by atoms with Crippen LogP contribution in [0.25, 0.3) is 11.1 Å². The van der Waals surface area contributed by atoms with Gasteiger partial charge in [0.2, 0.25) is 0 Å². The van der Waals surface area contributed by atoms with Gasteiger partial charge in [-0.3, -0.25) is 4.79 Å². The van der Waals surface area contributed by atoms with Gasteiger partial charge in [0.25, 0.3) is 0 Å². The second kappa shape index (κ2) is 8.30. The van der Waals surface area contributed by atoms with Gasteiger partial charge in [-0.15, -0.1) is 0 Å². The first kappa shape index (κ1) is 20.7. The van der Waals surface area contributed by atoms with Crippen LogP contribution in [0.1, 0.15) is 34.6 Å². The molecule has 1 atom stereocenters. The van der Waals surface area contributed by atoms with E-state index in [-0.39, 0.29) is 30.5 Å². The van der Waals surface area contributed by atoms with Crippen molar-refractivity contribution in [2.75, 3.05) is 6.61 Å². The number of carboxylic acid groups (broad SMARTS) is 1. The molecule has 160 valence electrons. The zero-order valence-electron chi connectivity index (χ0n) is 17.3. The monoisotopic (exact) mass is 422 g/mol. The van der Waals surface area contributed by atoms with Gasteiger partial charge in [0.15, 0.2) is 0 Å². The molecule has 0 aromatic heterocycles. The van der Waals surface area contributed by atoms with E-state index in [1.807, 2.05) is 13.8 Å². The molecule has 2 N–H and O–H groups in total. The highest BCUT2D eigenvalue weighted by Crippen LogP contribution is 2.38. The molecule has 0 aliphatic carbocycles. The number of aliphatic carboxylic acids is 1. The van der Waals surface area contributed by atoms with Crippen LogP contribution in [0, 0.1) is 19.7 Å². The molecule has 0 radical (unpaired) electrons. The summed E-state index contributed by atoms with van der Waals surface area (Å²) in [5.74, 6) is -0.0702. The van der Waals surface area contributed by atoms with Crippen molar-refractivity contribution in [3.05, 3.63) is 76.6 Å². The summed E-state index contributed by atoms with van der Waals surface area (Å²) in [5, 5.41) is 18.8. The van der Waals surface area contributed by atoms with E-state index in [0.717, 1.165) is 27.8 Å². The molecule has 1 aliphatic heterocycles. The number of carbonyl (C=O) groups is 1. The molecule has 1 heterocycles. The molecule has 1 aliphatic rings. The average molecular weight is 422 g/mol. The number of ether oxygens (including phenoxy) is 2. The molecule has 0 bridgehead atoms. The van der Waals surface area contributed by atoms with Gasteiger partial charge in [-0.05, 0) is 66.4 Å². The van der Waals surface area contributed by atoms with Crippen molar-refractivity contribution in [2.24, 2.45) is 0 Å². The number of phenolic OH excluding ortho intramolecular Hbond substituents is 1. The highest BCUT2D eigenvalue weighted by Gasteiger charge is 2.26. The Balaban J connectivity index is 1.54. The number of rotatable bonds is 6. The predicted octanol–water partition coefficient (Wildman–Crippen LogP) is 5.34. The van der Waals surface area contributed by atoms with Gasteiger partial charge < -0.3 is 19.7 Å². The van der Waals surface area contributed by atoms with Crippen LogP contribution in [0.2, 0.25) is 0 Å². The Labute approximate surface area is 179 Å². The van der Waals surface area contributed by atoms with Crippen molar-refractivity contribution in [3.63, 3.8) is 0 Å². The lowest BCUT2D eigenvalue weighted by atomic mass is 9.94. The summed E-state index contributed by atoms with van der Waals surface area (Å²) in [6.45, 7) is 4.17. The zero-order valence-corrected chi connectivity index (χ0v) is 17.3. The number of hydrogen-bond donors (Lipinski definition) is 2. The summed E-state index contributed by atoms with van der Waals surface area (Å²) >= 11 is 0. The second-order valence-electron chi connectivity index (χ2n) is 7.85. The van der Waals surface area contributed by atoms with Gasteiger partial charge >= 0.3 is 5.97 Å². The third-order valence-corrected chi connectivity index (χ3v) is 5.53. The molecule has 0 saturated heterocycles. The number of phenols is 1. The van der Waals surface area contributed by atoms with Gasteiger partial charge in [-0.25, -0.2) is 4.39 Å². The van der Waals surface area contributed by atoms with Crippen LogP contribution in [0.4, 0.5) is 4.39 Å². The number of halogens is 1. The first-order chi connectivity index (χ1) is 14.8. The maximum absolute atomic E-state index is 14.4. The highest BCUT2D eigenvalue weighted by atomic mass is 19.1. The number of carboxylic acids is 1. The third kappa shape index (κ3) is 4.33. The minimum atomic E-state index is -0.865. The first-order valence-corrected chi connectivity index (χ1v) is 10.0. The van der Waals surface area contributed by atoms with E-state index in [2.05, 4.69) is 0 Å². The Bertz CT molecular complexity index is 1130. The molecule has 0 amide bonds. The van der Waals surface area contributed by atoms with Crippen molar-refractivity contribution in [3.8, 4) is 28.4 Å². The summed E-state index contributed by atoms with van der Waals surface area (Å²) in [5.41, 5.74) is 4.87. The van der Waals surface area contributed by atoms with E-state index in [1.54, 1.807) is 42.5 Å². The zero-order chi connectivity index (χ0) is 22.1. The van der Waals surface area contributed by atoms with Crippen LogP contribution in [-0.4, -0.2) is 22.8 Å². The number of benzene rings is 3. The van der Waals surface area contributed by atoms with Crippen molar-refractivity contribution in [1.29, 1.82) is 0 Å². The van der Waals surface area contributed by atoms with Crippen LogP contribution in [-0.2, 0) is 11.4 Å². The summed E-state index contributed by atoms with van der Waals surface area (Å²) in [6.07, 6.45) is 0.0152. The molecular formula is C25H23FO5. The Morgan fingerprint density at radius 2 is 1.87 bits per heavy atom. The average Bonchev–Trinajstić information content (AvgIpc) is 3.09. The Morgan fingerprint density at radius 1 is 1.13 bits per heavy atom. The molecule has 3 aromatic carbocycles. The van der Waals surface area contributed by atoms with E-state index in [0.29, 0.717) is 23.7 Å². The molecule has 6 heteroatoms. The predicted molar refractivity (Wildman–Crippen MR) is 114 cm³/mol. The highest BCUT2D eigenvalue weighted by molar-refractivity contribution is 5.72. The minimum Gasteiger partial charge on any atom is -0.508 e. The number of fused-ring (bicyclic) bond motifs is 1. The maximum Gasteiger partial charge on any atom is 0.304 e. The van der Waals surface area contributed by atoms with Crippen molar-refractivity contribution in [2.45, 2.75) is 32.8 Å². The molecule has 4 rings (SSSR count). The Morgan fingerprint density at radius 3 is 2.58 bits per heavy atom. The largest absolute Gasteiger partial charge is 0.508 e. The smallest absolute Gasteiger partial charge is 0.304 e. The lowest BCUT2D eigenvalue weighted by Crippen LogP contribution is -2.07. The summed E-state index contributed by atoms with van der Waals surface area (Å²) in [7, 11) is 0. The fourth-order valence-corrected chi connectivity index (χ4v) is 4.12. The maximum atomic E-state index is 14.4. The van der Waals surface area contributed by atoms with E-state index in [4.69, 9.17) is 14.6 Å². The topological polar surface area (TPSA) is 76.0 Å². The summed E-state index contributed by atoms with van der Waals surface area (Å²) in [6, 6.07) is 13.5.